The summed E-state index contributed by atoms with van der Waals surface area (Å²) in [4.78, 5) is 27.9. The summed E-state index contributed by atoms with van der Waals surface area (Å²) in [6, 6.07) is 5.57. The Kier molecular flexibility index (Phi) is 7.43. The van der Waals surface area contributed by atoms with Crippen LogP contribution >= 0.6 is 11.6 Å². The standard InChI is InChI=1S/C23H25ClF2N2O4S/c1-4-15-8-9-21(22(29)27-13(2)17-11-20(26)18(24)12-19(17)25)28(15)23(30)14-6-5-7-16(10-14)33(3,31)32/h5-7,10-13,15,21H,4,8-9H2,1-3H3,(H,27,29)/t13-,15-,21-/m1/s1. The molecular formula is C23H25ClF2N2O4S. The summed E-state index contributed by atoms with van der Waals surface area (Å²) in [7, 11) is -3.51. The van der Waals surface area contributed by atoms with Crippen LogP contribution in [-0.4, -0.2) is 43.5 Å². The normalized spacial score (nSPS) is 19.4. The number of sulfone groups is 1. The highest BCUT2D eigenvalue weighted by molar-refractivity contribution is 7.90. The summed E-state index contributed by atoms with van der Waals surface area (Å²) in [5, 5.41) is 2.31. The van der Waals surface area contributed by atoms with Gasteiger partial charge in [-0.05, 0) is 56.5 Å². The molecule has 178 valence electrons. The van der Waals surface area contributed by atoms with Crippen LogP contribution in [0.25, 0.3) is 0 Å². The van der Waals surface area contributed by atoms with Gasteiger partial charge in [-0.2, -0.15) is 0 Å². The van der Waals surface area contributed by atoms with Gasteiger partial charge in [0, 0.05) is 23.4 Å². The van der Waals surface area contributed by atoms with Gasteiger partial charge in [0.1, 0.15) is 17.7 Å². The van der Waals surface area contributed by atoms with E-state index < -0.39 is 45.4 Å². The van der Waals surface area contributed by atoms with Gasteiger partial charge >= 0.3 is 0 Å². The molecule has 33 heavy (non-hydrogen) atoms. The van der Waals surface area contributed by atoms with Gasteiger partial charge < -0.3 is 10.2 Å². The van der Waals surface area contributed by atoms with Crippen molar-refractivity contribution in [1.82, 2.24) is 10.2 Å². The van der Waals surface area contributed by atoms with Crippen LogP contribution in [0.5, 0.6) is 0 Å². The Labute approximate surface area is 196 Å². The average Bonchev–Trinajstić information content (AvgIpc) is 3.19. The van der Waals surface area contributed by atoms with Crippen molar-refractivity contribution in [3.05, 3.63) is 64.2 Å². The second-order valence-electron chi connectivity index (χ2n) is 8.19. The van der Waals surface area contributed by atoms with Crippen molar-refractivity contribution < 1.29 is 26.8 Å². The highest BCUT2D eigenvalue weighted by Crippen LogP contribution is 2.30. The van der Waals surface area contributed by atoms with Crippen molar-refractivity contribution in [3.63, 3.8) is 0 Å². The highest BCUT2D eigenvalue weighted by atomic mass is 35.5. The smallest absolute Gasteiger partial charge is 0.254 e. The van der Waals surface area contributed by atoms with Gasteiger partial charge in [-0.3, -0.25) is 9.59 Å². The predicted octanol–water partition coefficient (Wildman–Crippen LogP) is 4.28. The molecule has 1 N–H and O–H groups in total. The second kappa shape index (κ2) is 9.77. The third-order valence-corrected chi connectivity index (χ3v) is 7.28. The number of nitrogens with one attached hydrogen (secondary N) is 1. The monoisotopic (exact) mass is 498 g/mol. The van der Waals surface area contributed by atoms with Crippen molar-refractivity contribution in [1.29, 1.82) is 0 Å². The maximum Gasteiger partial charge on any atom is 0.254 e. The topological polar surface area (TPSA) is 83.6 Å². The zero-order chi connectivity index (χ0) is 24.5. The summed E-state index contributed by atoms with van der Waals surface area (Å²) in [5.41, 5.74) is 0.101. The Morgan fingerprint density at radius 3 is 2.52 bits per heavy atom. The lowest BCUT2D eigenvalue weighted by Gasteiger charge is -2.30. The molecule has 6 nitrogen and oxygen atoms in total. The summed E-state index contributed by atoms with van der Waals surface area (Å²) in [5.74, 6) is -2.51. The first kappa shape index (κ1) is 25.1. The number of rotatable bonds is 6. The van der Waals surface area contributed by atoms with Crippen molar-refractivity contribution in [2.24, 2.45) is 0 Å². The zero-order valence-electron chi connectivity index (χ0n) is 18.4. The molecule has 0 unspecified atom stereocenters. The Balaban J connectivity index is 1.86. The Hall–Kier alpha value is -2.52. The zero-order valence-corrected chi connectivity index (χ0v) is 20.0. The molecule has 1 aliphatic rings. The predicted molar refractivity (Wildman–Crippen MR) is 121 cm³/mol. The lowest BCUT2D eigenvalue weighted by molar-refractivity contribution is -0.125. The van der Waals surface area contributed by atoms with Crippen LogP contribution in [-0.2, 0) is 14.6 Å². The fraction of sp³-hybridized carbons (Fsp3) is 0.391. The molecule has 0 saturated carbocycles. The number of amides is 2. The lowest BCUT2D eigenvalue weighted by Crippen LogP contribution is -2.49. The van der Waals surface area contributed by atoms with E-state index in [4.69, 9.17) is 11.6 Å². The molecule has 3 atom stereocenters. The number of nitrogens with zero attached hydrogens (tertiary/aromatic N) is 1. The van der Waals surface area contributed by atoms with E-state index >= 15 is 0 Å². The van der Waals surface area contributed by atoms with Gasteiger partial charge in [0.2, 0.25) is 5.91 Å². The van der Waals surface area contributed by atoms with E-state index in [0.29, 0.717) is 19.3 Å². The Morgan fingerprint density at radius 1 is 1.18 bits per heavy atom. The second-order valence-corrected chi connectivity index (χ2v) is 10.6. The van der Waals surface area contributed by atoms with E-state index in [1.165, 1.54) is 36.1 Å². The number of likely N-dealkylation sites (tertiary alicyclic amines) is 1. The molecule has 2 aromatic rings. The molecule has 2 amide bonds. The SMILES string of the molecule is CC[C@@H]1CC[C@H](C(=O)N[C@H](C)c2cc(F)c(Cl)cc2F)N1C(=O)c1cccc(S(C)(=O)=O)c1. The Morgan fingerprint density at radius 2 is 1.88 bits per heavy atom. The van der Waals surface area contributed by atoms with Crippen LogP contribution in [0.4, 0.5) is 8.78 Å². The molecule has 1 fully saturated rings. The van der Waals surface area contributed by atoms with Crippen LogP contribution in [0.15, 0.2) is 41.3 Å². The first-order valence-electron chi connectivity index (χ1n) is 10.5. The molecule has 1 aliphatic heterocycles. The number of halogens is 3. The van der Waals surface area contributed by atoms with E-state index in [-0.39, 0.29) is 27.1 Å². The van der Waals surface area contributed by atoms with E-state index in [1.807, 2.05) is 6.92 Å². The minimum Gasteiger partial charge on any atom is -0.348 e. The fourth-order valence-corrected chi connectivity index (χ4v) is 4.93. The first-order chi connectivity index (χ1) is 15.4. The molecule has 1 saturated heterocycles. The van der Waals surface area contributed by atoms with Crippen molar-refractivity contribution >= 4 is 33.3 Å². The lowest BCUT2D eigenvalue weighted by atomic mass is 10.1. The fourth-order valence-electron chi connectivity index (χ4n) is 4.11. The van der Waals surface area contributed by atoms with Gasteiger partial charge in [0.15, 0.2) is 9.84 Å². The van der Waals surface area contributed by atoms with Crippen LogP contribution < -0.4 is 5.32 Å². The third-order valence-electron chi connectivity index (χ3n) is 5.88. The number of benzene rings is 2. The molecular weight excluding hydrogens is 474 g/mol. The summed E-state index contributed by atoms with van der Waals surface area (Å²) in [6.45, 7) is 3.41. The van der Waals surface area contributed by atoms with Crippen LogP contribution in [0.3, 0.4) is 0 Å². The minimum atomic E-state index is -3.51. The first-order valence-corrected chi connectivity index (χ1v) is 12.8. The molecule has 0 aliphatic carbocycles. The van der Waals surface area contributed by atoms with Gasteiger partial charge in [-0.25, -0.2) is 17.2 Å². The maximum absolute atomic E-state index is 14.3. The molecule has 3 rings (SSSR count). The maximum atomic E-state index is 14.3. The van der Waals surface area contributed by atoms with Crippen LogP contribution in [0.2, 0.25) is 5.02 Å². The average molecular weight is 499 g/mol. The molecule has 1 heterocycles. The van der Waals surface area contributed by atoms with Gasteiger partial charge in [-0.15, -0.1) is 0 Å². The van der Waals surface area contributed by atoms with E-state index in [0.717, 1.165) is 18.4 Å². The highest BCUT2D eigenvalue weighted by Gasteiger charge is 2.41. The van der Waals surface area contributed by atoms with E-state index in [1.54, 1.807) is 0 Å². The van der Waals surface area contributed by atoms with Gasteiger partial charge in [-0.1, -0.05) is 24.6 Å². The number of carbonyl (C=O) groups excluding carboxylic acids is 2. The van der Waals surface area contributed by atoms with Crippen LogP contribution in [0.1, 0.15) is 55.1 Å². The van der Waals surface area contributed by atoms with Crippen molar-refractivity contribution in [3.8, 4) is 0 Å². The number of carbonyl (C=O) groups is 2. The van der Waals surface area contributed by atoms with Crippen molar-refractivity contribution in [2.45, 2.75) is 56.1 Å². The summed E-state index contributed by atoms with van der Waals surface area (Å²) >= 11 is 5.60. The summed E-state index contributed by atoms with van der Waals surface area (Å²) < 4.78 is 51.9. The Bertz CT molecular complexity index is 1190. The van der Waals surface area contributed by atoms with E-state index in [9.17, 15) is 26.8 Å². The summed E-state index contributed by atoms with van der Waals surface area (Å²) in [6.07, 6.45) is 2.64. The quantitative estimate of drug-likeness (QED) is 0.602. The number of hydrogen-bond acceptors (Lipinski definition) is 4. The van der Waals surface area contributed by atoms with Crippen LogP contribution in [0, 0.1) is 11.6 Å². The van der Waals surface area contributed by atoms with E-state index in [2.05, 4.69) is 5.32 Å². The minimum absolute atomic E-state index is 0.00968. The molecule has 0 radical (unpaired) electrons. The molecule has 0 spiro atoms. The van der Waals surface area contributed by atoms with Gasteiger partial charge in [0.25, 0.3) is 5.91 Å². The molecule has 10 heteroatoms. The van der Waals surface area contributed by atoms with Crippen molar-refractivity contribution in [2.75, 3.05) is 6.26 Å². The number of hydrogen-bond donors (Lipinski definition) is 1. The largest absolute Gasteiger partial charge is 0.348 e. The van der Waals surface area contributed by atoms with Gasteiger partial charge in [0.05, 0.1) is 16.0 Å². The molecule has 2 aromatic carbocycles. The molecule has 0 bridgehead atoms. The third kappa shape index (κ3) is 5.35. The molecule has 0 aromatic heterocycles.